The number of rotatable bonds is 3. The Labute approximate surface area is 124 Å². The molecule has 1 amide bonds. The van der Waals surface area contributed by atoms with Gasteiger partial charge in [0, 0.05) is 25.6 Å². The molecule has 0 atom stereocenters. The maximum atomic E-state index is 12.4. The Morgan fingerprint density at radius 2 is 1.85 bits per heavy atom. The first kappa shape index (κ1) is 15.8. The van der Waals surface area contributed by atoms with Crippen molar-refractivity contribution in [2.45, 2.75) is 77.7 Å². The molecule has 1 saturated carbocycles. The number of likely N-dealkylation sites (tertiary alicyclic amines) is 1. The first-order chi connectivity index (χ1) is 9.46. The number of nitrogens with two attached hydrogens (primary N) is 1. The highest BCUT2D eigenvalue weighted by atomic mass is 16.2. The van der Waals surface area contributed by atoms with Crippen LogP contribution in [0.5, 0.6) is 0 Å². The SMILES string of the molecule is CC1(C)CCCN(C(=O)CCC2CCC(N)CC2)CC1. The fourth-order valence-electron chi connectivity index (χ4n) is 3.63. The fourth-order valence-corrected chi connectivity index (χ4v) is 3.63. The van der Waals surface area contributed by atoms with Gasteiger partial charge >= 0.3 is 0 Å². The molecule has 1 saturated heterocycles. The molecule has 2 N–H and O–H groups in total. The van der Waals surface area contributed by atoms with Gasteiger partial charge in [-0.05, 0) is 62.7 Å². The van der Waals surface area contributed by atoms with E-state index < -0.39 is 0 Å². The third-order valence-electron chi connectivity index (χ3n) is 5.35. The molecule has 2 rings (SSSR count). The number of carbonyl (C=O) groups is 1. The minimum atomic E-state index is 0.387. The molecule has 3 nitrogen and oxygen atoms in total. The Morgan fingerprint density at radius 3 is 2.55 bits per heavy atom. The Balaban J connectivity index is 1.72. The highest BCUT2D eigenvalue weighted by Gasteiger charge is 2.26. The lowest BCUT2D eigenvalue weighted by Crippen LogP contribution is -2.33. The predicted octanol–water partition coefficient (Wildman–Crippen LogP) is 3.32. The molecule has 0 aromatic carbocycles. The molecule has 0 bridgehead atoms. The zero-order valence-electron chi connectivity index (χ0n) is 13.4. The lowest BCUT2D eigenvalue weighted by Gasteiger charge is -2.27. The minimum Gasteiger partial charge on any atom is -0.343 e. The van der Waals surface area contributed by atoms with E-state index in [1.165, 1.54) is 19.3 Å². The monoisotopic (exact) mass is 280 g/mol. The summed E-state index contributed by atoms with van der Waals surface area (Å²) >= 11 is 0. The van der Waals surface area contributed by atoms with E-state index in [1.807, 2.05) is 0 Å². The molecule has 1 heterocycles. The average molecular weight is 280 g/mol. The molecule has 2 fully saturated rings. The van der Waals surface area contributed by atoms with Crippen LogP contribution in [0, 0.1) is 11.3 Å². The van der Waals surface area contributed by atoms with Gasteiger partial charge in [-0.1, -0.05) is 13.8 Å². The molecule has 0 aromatic rings. The Kier molecular flexibility index (Phi) is 5.48. The van der Waals surface area contributed by atoms with Gasteiger partial charge in [-0.15, -0.1) is 0 Å². The summed E-state index contributed by atoms with van der Waals surface area (Å²) in [5.74, 6) is 1.12. The van der Waals surface area contributed by atoms with E-state index in [0.717, 1.165) is 57.5 Å². The van der Waals surface area contributed by atoms with Crippen LogP contribution < -0.4 is 5.73 Å². The molecule has 0 spiro atoms. The van der Waals surface area contributed by atoms with E-state index in [2.05, 4.69) is 18.7 Å². The quantitative estimate of drug-likeness (QED) is 0.862. The van der Waals surface area contributed by atoms with Gasteiger partial charge in [0.15, 0.2) is 0 Å². The maximum Gasteiger partial charge on any atom is 0.222 e. The first-order valence-corrected chi connectivity index (χ1v) is 8.50. The molecule has 1 aliphatic carbocycles. The molecule has 20 heavy (non-hydrogen) atoms. The largest absolute Gasteiger partial charge is 0.343 e. The molecular weight excluding hydrogens is 248 g/mol. The molecule has 116 valence electrons. The van der Waals surface area contributed by atoms with E-state index in [9.17, 15) is 4.79 Å². The van der Waals surface area contributed by atoms with Crippen molar-refractivity contribution in [1.82, 2.24) is 4.90 Å². The first-order valence-electron chi connectivity index (χ1n) is 8.50. The number of amides is 1. The molecule has 0 aromatic heterocycles. The molecule has 3 heteroatoms. The van der Waals surface area contributed by atoms with Crippen molar-refractivity contribution in [1.29, 1.82) is 0 Å². The molecule has 2 aliphatic rings. The smallest absolute Gasteiger partial charge is 0.222 e. The molecular formula is C17H32N2O. The van der Waals surface area contributed by atoms with Gasteiger partial charge in [0.1, 0.15) is 0 Å². The van der Waals surface area contributed by atoms with Crippen molar-refractivity contribution in [3.05, 3.63) is 0 Å². The average Bonchev–Trinajstić information content (AvgIpc) is 2.59. The van der Waals surface area contributed by atoms with Crippen molar-refractivity contribution in [2.75, 3.05) is 13.1 Å². The number of hydrogen-bond acceptors (Lipinski definition) is 2. The van der Waals surface area contributed by atoms with Gasteiger partial charge < -0.3 is 10.6 Å². The van der Waals surface area contributed by atoms with E-state index in [1.54, 1.807) is 0 Å². The van der Waals surface area contributed by atoms with E-state index in [0.29, 0.717) is 17.4 Å². The third-order valence-corrected chi connectivity index (χ3v) is 5.35. The van der Waals surface area contributed by atoms with Gasteiger partial charge in [0.05, 0.1) is 0 Å². The summed E-state index contributed by atoms with van der Waals surface area (Å²) in [5, 5.41) is 0. The van der Waals surface area contributed by atoms with Crippen LogP contribution in [0.2, 0.25) is 0 Å². The maximum absolute atomic E-state index is 12.4. The lowest BCUT2D eigenvalue weighted by atomic mass is 9.83. The van der Waals surface area contributed by atoms with Crippen LogP contribution >= 0.6 is 0 Å². The predicted molar refractivity (Wildman–Crippen MR) is 83.4 cm³/mol. The fraction of sp³-hybridized carbons (Fsp3) is 0.941. The summed E-state index contributed by atoms with van der Waals surface area (Å²) in [4.78, 5) is 14.5. The Morgan fingerprint density at radius 1 is 1.15 bits per heavy atom. The van der Waals surface area contributed by atoms with Crippen LogP contribution in [0.3, 0.4) is 0 Å². The summed E-state index contributed by atoms with van der Waals surface area (Å²) in [6.45, 7) is 6.58. The minimum absolute atomic E-state index is 0.387. The van der Waals surface area contributed by atoms with Gasteiger partial charge in [-0.2, -0.15) is 0 Å². The second-order valence-corrected chi connectivity index (χ2v) is 7.72. The van der Waals surface area contributed by atoms with Gasteiger partial charge in [0.25, 0.3) is 0 Å². The number of carbonyl (C=O) groups excluding carboxylic acids is 1. The Hall–Kier alpha value is -0.570. The van der Waals surface area contributed by atoms with Gasteiger partial charge in [-0.3, -0.25) is 4.79 Å². The summed E-state index contributed by atoms with van der Waals surface area (Å²) in [5.41, 5.74) is 6.35. The standard InChI is InChI=1S/C17H32N2O/c1-17(2)10-3-12-19(13-11-17)16(20)9-6-14-4-7-15(18)8-5-14/h14-15H,3-13,18H2,1-2H3. The topological polar surface area (TPSA) is 46.3 Å². The van der Waals surface area contributed by atoms with Crippen LogP contribution in [-0.2, 0) is 4.79 Å². The summed E-state index contributed by atoms with van der Waals surface area (Å²) in [6.07, 6.45) is 10.1. The lowest BCUT2D eigenvalue weighted by molar-refractivity contribution is -0.131. The van der Waals surface area contributed by atoms with Crippen molar-refractivity contribution >= 4 is 5.91 Å². The van der Waals surface area contributed by atoms with Crippen molar-refractivity contribution in [3.8, 4) is 0 Å². The van der Waals surface area contributed by atoms with E-state index >= 15 is 0 Å². The molecule has 0 unspecified atom stereocenters. The number of nitrogens with zero attached hydrogens (tertiary/aromatic N) is 1. The zero-order valence-corrected chi connectivity index (χ0v) is 13.4. The normalized spacial score (nSPS) is 30.9. The van der Waals surface area contributed by atoms with Crippen molar-refractivity contribution in [3.63, 3.8) is 0 Å². The van der Waals surface area contributed by atoms with Crippen LogP contribution in [0.1, 0.15) is 71.6 Å². The summed E-state index contributed by atoms with van der Waals surface area (Å²) in [7, 11) is 0. The highest BCUT2D eigenvalue weighted by Crippen LogP contribution is 2.31. The molecule has 0 radical (unpaired) electrons. The van der Waals surface area contributed by atoms with Crippen LogP contribution in [0.15, 0.2) is 0 Å². The van der Waals surface area contributed by atoms with E-state index in [4.69, 9.17) is 5.73 Å². The van der Waals surface area contributed by atoms with Crippen LogP contribution in [-0.4, -0.2) is 29.9 Å². The second kappa shape index (κ2) is 6.93. The highest BCUT2D eigenvalue weighted by molar-refractivity contribution is 5.76. The van der Waals surface area contributed by atoms with Gasteiger partial charge in [0.2, 0.25) is 5.91 Å². The number of hydrogen-bond donors (Lipinski definition) is 1. The van der Waals surface area contributed by atoms with Gasteiger partial charge in [-0.25, -0.2) is 0 Å². The van der Waals surface area contributed by atoms with E-state index in [-0.39, 0.29) is 0 Å². The summed E-state index contributed by atoms with van der Waals surface area (Å²) in [6, 6.07) is 0.412. The Bertz CT molecular complexity index is 319. The van der Waals surface area contributed by atoms with Crippen LogP contribution in [0.4, 0.5) is 0 Å². The third kappa shape index (κ3) is 4.76. The van der Waals surface area contributed by atoms with Crippen molar-refractivity contribution < 1.29 is 4.79 Å². The molecule has 1 aliphatic heterocycles. The zero-order chi connectivity index (χ0) is 14.6. The summed E-state index contributed by atoms with van der Waals surface area (Å²) < 4.78 is 0. The van der Waals surface area contributed by atoms with Crippen molar-refractivity contribution in [2.24, 2.45) is 17.1 Å². The second-order valence-electron chi connectivity index (χ2n) is 7.72. The van der Waals surface area contributed by atoms with Crippen LogP contribution in [0.25, 0.3) is 0 Å².